The second-order valence-electron chi connectivity index (χ2n) is 6.47. The lowest BCUT2D eigenvalue weighted by molar-refractivity contribution is 0.0931. The van der Waals surface area contributed by atoms with Crippen LogP contribution >= 0.6 is 24.0 Å². The standard InChI is InChI=1S/C21H31N3O3.HI/c1-18(15-26-16-19-8-4-3-5-9-19)14-24-21(22-2)23-11-7-12-25-17-20-10-6-13-27-20;/h3-6,8-10,13,18H,7,11-12,14-17H2,1-2H3,(H2,22,23,24);1H. The first-order valence-electron chi connectivity index (χ1n) is 9.44. The van der Waals surface area contributed by atoms with E-state index < -0.39 is 0 Å². The van der Waals surface area contributed by atoms with E-state index >= 15 is 0 Å². The van der Waals surface area contributed by atoms with E-state index in [1.165, 1.54) is 5.56 Å². The maximum atomic E-state index is 5.78. The number of nitrogens with one attached hydrogen (secondary N) is 2. The van der Waals surface area contributed by atoms with Gasteiger partial charge in [-0.25, -0.2) is 0 Å². The van der Waals surface area contributed by atoms with Crippen LogP contribution in [0.3, 0.4) is 0 Å². The highest BCUT2D eigenvalue weighted by molar-refractivity contribution is 14.0. The maximum absolute atomic E-state index is 5.78. The third-order valence-corrected chi connectivity index (χ3v) is 3.94. The molecule has 0 fully saturated rings. The summed E-state index contributed by atoms with van der Waals surface area (Å²) in [6.07, 6.45) is 2.56. The molecule has 0 radical (unpaired) electrons. The van der Waals surface area contributed by atoms with Crippen LogP contribution in [-0.4, -0.2) is 39.3 Å². The molecule has 156 valence electrons. The molecule has 1 heterocycles. The second-order valence-corrected chi connectivity index (χ2v) is 6.47. The Labute approximate surface area is 185 Å². The summed E-state index contributed by atoms with van der Waals surface area (Å²) >= 11 is 0. The number of nitrogens with zero attached hydrogens (tertiary/aromatic N) is 1. The van der Waals surface area contributed by atoms with Crippen LogP contribution in [0.15, 0.2) is 58.1 Å². The Morgan fingerprint density at radius 3 is 2.61 bits per heavy atom. The first-order valence-corrected chi connectivity index (χ1v) is 9.44. The molecule has 7 heteroatoms. The summed E-state index contributed by atoms with van der Waals surface area (Å²) in [5, 5.41) is 6.63. The molecule has 6 nitrogen and oxygen atoms in total. The fraction of sp³-hybridized carbons (Fsp3) is 0.476. The number of rotatable bonds is 12. The smallest absolute Gasteiger partial charge is 0.190 e. The molecule has 0 saturated carbocycles. The Balaban J connectivity index is 0.00000392. The third-order valence-electron chi connectivity index (χ3n) is 3.94. The predicted molar refractivity (Wildman–Crippen MR) is 123 cm³/mol. The van der Waals surface area contributed by atoms with Gasteiger partial charge in [-0.05, 0) is 30.0 Å². The molecule has 0 spiro atoms. The van der Waals surface area contributed by atoms with Gasteiger partial charge in [-0.1, -0.05) is 37.3 Å². The lowest BCUT2D eigenvalue weighted by atomic mass is 10.2. The van der Waals surface area contributed by atoms with Gasteiger partial charge in [0.15, 0.2) is 5.96 Å². The molecular weight excluding hydrogens is 469 g/mol. The van der Waals surface area contributed by atoms with Gasteiger partial charge in [0.2, 0.25) is 0 Å². The first kappa shape index (κ1) is 24.5. The van der Waals surface area contributed by atoms with Crippen LogP contribution in [0.1, 0.15) is 24.7 Å². The molecule has 2 aromatic rings. The molecule has 1 aromatic heterocycles. The number of furan rings is 1. The van der Waals surface area contributed by atoms with Gasteiger partial charge in [0.05, 0.1) is 19.5 Å². The molecule has 0 amide bonds. The minimum absolute atomic E-state index is 0. The highest BCUT2D eigenvalue weighted by Gasteiger charge is 2.05. The van der Waals surface area contributed by atoms with Crippen molar-refractivity contribution in [3.05, 3.63) is 60.1 Å². The highest BCUT2D eigenvalue weighted by Crippen LogP contribution is 2.03. The van der Waals surface area contributed by atoms with Gasteiger partial charge in [0.1, 0.15) is 12.4 Å². The summed E-state index contributed by atoms with van der Waals surface area (Å²) in [4.78, 5) is 4.24. The van der Waals surface area contributed by atoms with E-state index in [1.807, 2.05) is 30.3 Å². The second kappa shape index (κ2) is 15.4. The normalized spacial score (nSPS) is 12.3. The molecule has 0 aliphatic carbocycles. The average molecular weight is 501 g/mol. The summed E-state index contributed by atoms with van der Waals surface area (Å²) in [7, 11) is 1.78. The van der Waals surface area contributed by atoms with Crippen molar-refractivity contribution in [3.8, 4) is 0 Å². The van der Waals surface area contributed by atoms with Crippen molar-refractivity contribution in [2.75, 3.05) is 33.4 Å². The van der Waals surface area contributed by atoms with Gasteiger partial charge in [0.25, 0.3) is 0 Å². The number of benzene rings is 1. The topological polar surface area (TPSA) is 68.0 Å². The van der Waals surface area contributed by atoms with Gasteiger partial charge in [0, 0.05) is 26.7 Å². The van der Waals surface area contributed by atoms with Crippen molar-refractivity contribution < 1.29 is 13.9 Å². The molecule has 0 saturated heterocycles. The van der Waals surface area contributed by atoms with Crippen molar-refractivity contribution in [2.45, 2.75) is 26.6 Å². The number of hydrogen-bond acceptors (Lipinski definition) is 4. The van der Waals surface area contributed by atoms with E-state index in [1.54, 1.807) is 13.3 Å². The van der Waals surface area contributed by atoms with Gasteiger partial charge in [-0.15, -0.1) is 24.0 Å². The number of ether oxygens (including phenoxy) is 2. The van der Waals surface area contributed by atoms with Crippen LogP contribution in [0.25, 0.3) is 0 Å². The SMILES string of the molecule is CN=C(NCCCOCc1ccco1)NCC(C)COCc1ccccc1.I. The minimum Gasteiger partial charge on any atom is -0.467 e. The van der Waals surface area contributed by atoms with E-state index in [-0.39, 0.29) is 24.0 Å². The van der Waals surface area contributed by atoms with Crippen molar-refractivity contribution in [3.63, 3.8) is 0 Å². The Morgan fingerprint density at radius 1 is 1.07 bits per heavy atom. The number of guanidine groups is 1. The van der Waals surface area contributed by atoms with Gasteiger partial charge >= 0.3 is 0 Å². The van der Waals surface area contributed by atoms with E-state index in [4.69, 9.17) is 13.9 Å². The molecule has 1 atom stereocenters. The average Bonchev–Trinajstić information content (AvgIpc) is 3.21. The molecule has 0 bridgehead atoms. The molecule has 28 heavy (non-hydrogen) atoms. The fourth-order valence-electron chi connectivity index (χ4n) is 2.45. The van der Waals surface area contributed by atoms with Crippen molar-refractivity contribution in [1.82, 2.24) is 10.6 Å². The maximum Gasteiger partial charge on any atom is 0.190 e. The summed E-state index contributed by atoms with van der Waals surface area (Å²) < 4.78 is 16.6. The Kier molecular flexibility index (Phi) is 13.4. The zero-order chi connectivity index (χ0) is 19.2. The Bertz CT molecular complexity index is 636. The van der Waals surface area contributed by atoms with E-state index in [0.717, 1.165) is 31.2 Å². The van der Waals surface area contributed by atoms with E-state index in [0.29, 0.717) is 32.3 Å². The molecule has 0 aliphatic heterocycles. The van der Waals surface area contributed by atoms with Crippen LogP contribution in [0.4, 0.5) is 0 Å². The number of hydrogen-bond donors (Lipinski definition) is 2. The Hall–Kier alpha value is -1.58. The van der Waals surface area contributed by atoms with Crippen LogP contribution in [0.5, 0.6) is 0 Å². The summed E-state index contributed by atoms with van der Waals surface area (Å²) in [5.74, 6) is 2.05. The molecule has 2 rings (SSSR count). The lowest BCUT2D eigenvalue weighted by Crippen LogP contribution is -2.40. The summed E-state index contributed by atoms with van der Waals surface area (Å²) in [6, 6.07) is 14.0. The highest BCUT2D eigenvalue weighted by atomic mass is 127. The summed E-state index contributed by atoms with van der Waals surface area (Å²) in [6.45, 7) is 6.32. The lowest BCUT2D eigenvalue weighted by Gasteiger charge is -2.16. The largest absolute Gasteiger partial charge is 0.467 e. The van der Waals surface area contributed by atoms with Crippen molar-refractivity contribution in [2.24, 2.45) is 10.9 Å². The van der Waals surface area contributed by atoms with Gasteiger partial charge in [-0.3, -0.25) is 4.99 Å². The van der Waals surface area contributed by atoms with Crippen LogP contribution in [-0.2, 0) is 22.7 Å². The minimum atomic E-state index is 0. The monoisotopic (exact) mass is 501 g/mol. The fourth-order valence-corrected chi connectivity index (χ4v) is 2.45. The molecule has 1 aromatic carbocycles. The van der Waals surface area contributed by atoms with E-state index in [2.05, 4.69) is 34.7 Å². The van der Waals surface area contributed by atoms with Crippen molar-refractivity contribution >= 4 is 29.9 Å². The van der Waals surface area contributed by atoms with Gasteiger partial charge in [-0.2, -0.15) is 0 Å². The predicted octanol–water partition coefficient (Wildman–Crippen LogP) is 3.82. The van der Waals surface area contributed by atoms with Gasteiger partial charge < -0.3 is 24.5 Å². The molecule has 1 unspecified atom stereocenters. The number of halogens is 1. The quantitative estimate of drug-likeness (QED) is 0.200. The number of aliphatic imine (C=N–C) groups is 1. The van der Waals surface area contributed by atoms with Crippen LogP contribution < -0.4 is 10.6 Å². The summed E-state index contributed by atoms with van der Waals surface area (Å²) in [5.41, 5.74) is 1.20. The molecule has 2 N–H and O–H groups in total. The molecular formula is C21H32IN3O3. The Morgan fingerprint density at radius 2 is 1.89 bits per heavy atom. The van der Waals surface area contributed by atoms with E-state index in [9.17, 15) is 0 Å². The zero-order valence-corrected chi connectivity index (χ0v) is 19.1. The molecule has 0 aliphatic rings. The first-order chi connectivity index (χ1) is 13.3. The third kappa shape index (κ3) is 10.7. The van der Waals surface area contributed by atoms with Crippen LogP contribution in [0, 0.1) is 5.92 Å². The van der Waals surface area contributed by atoms with Crippen LogP contribution in [0.2, 0.25) is 0 Å². The zero-order valence-electron chi connectivity index (χ0n) is 16.7. The van der Waals surface area contributed by atoms with Crippen molar-refractivity contribution in [1.29, 1.82) is 0 Å².